The number of benzene rings is 2. The number of amides is 1. The van der Waals surface area contributed by atoms with Crippen molar-refractivity contribution in [3.63, 3.8) is 0 Å². The number of carbonyl (C=O) groups is 1. The minimum Gasteiger partial charge on any atom is -0.386 e. The summed E-state index contributed by atoms with van der Waals surface area (Å²) in [6, 6.07) is 8.55. The summed E-state index contributed by atoms with van der Waals surface area (Å²) in [6.45, 7) is 3.62. The topological polar surface area (TPSA) is 65.1 Å². The van der Waals surface area contributed by atoms with Gasteiger partial charge in [-0.05, 0) is 49.7 Å². The smallest absolute Gasteiger partial charge is 0.251 e. The predicted molar refractivity (Wildman–Crippen MR) is 91.4 cm³/mol. The standard InChI is InChI=1S/C19H18F2N2O2/c1-10-11(2)23-16-7-6-12(8-13(10)16)19(25)22-9-17(24)18-14(20)4-3-5-15(18)21/h3-8,17,23-24H,9H2,1-2H3,(H,22,25). The minimum atomic E-state index is -1.47. The molecule has 1 unspecified atom stereocenters. The summed E-state index contributed by atoms with van der Waals surface area (Å²) in [5.41, 5.74) is 2.97. The number of rotatable bonds is 4. The zero-order valence-electron chi connectivity index (χ0n) is 13.9. The fourth-order valence-electron chi connectivity index (χ4n) is 2.83. The van der Waals surface area contributed by atoms with Crippen LogP contribution in [0.15, 0.2) is 36.4 Å². The fourth-order valence-corrected chi connectivity index (χ4v) is 2.83. The van der Waals surface area contributed by atoms with Gasteiger partial charge in [-0.2, -0.15) is 0 Å². The maximum Gasteiger partial charge on any atom is 0.251 e. The number of aryl methyl sites for hydroxylation is 2. The minimum absolute atomic E-state index is 0.292. The molecule has 0 aliphatic carbocycles. The van der Waals surface area contributed by atoms with Crippen molar-refractivity contribution in [2.24, 2.45) is 0 Å². The highest BCUT2D eigenvalue weighted by atomic mass is 19.1. The number of fused-ring (bicyclic) bond motifs is 1. The molecule has 2 aromatic carbocycles. The third-order valence-electron chi connectivity index (χ3n) is 4.36. The number of nitrogens with one attached hydrogen (secondary N) is 2. The van der Waals surface area contributed by atoms with E-state index >= 15 is 0 Å². The number of aliphatic hydroxyl groups excluding tert-OH is 1. The third kappa shape index (κ3) is 3.25. The molecule has 1 aromatic heterocycles. The SMILES string of the molecule is Cc1[nH]c2ccc(C(=O)NCC(O)c3c(F)cccc3F)cc2c1C. The van der Waals surface area contributed by atoms with Gasteiger partial charge >= 0.3 is 0 Å². The highest BCUT2D eigenvalue weighted by molar-refractivity contribution is 5.99. The Balaban J connectivity index is 1.75. The molecule has 25 heavy (non-hydrogen) atoms. The predicted octanol–water partition coefficient (Wildman–Crippen LogP) is 3.53. The number of aromatic amines is 1. The van der Waals surface area contributed by atoms with E-state index in [9.17, 15) is 18.7 Å². The van der Waals surface area contributed by atoms with E-state index in [-0.39, 0.29) is 6.54 Å². The first-order chi connectivity index (χ1) is 11.9. The van der Waals surface area contributed by atoms with E-state index in [0.717, 1.165) is 34.3 Å². The van der Waals surface area contributed by atoms with Crippen LogP contribution in [-0.2, 0) is 0 Å². The molecular weight excluding hydrogens is 326 g/mol. The summed E-state index contributed by atoms with van der Waals surface area (Å²) in [5, 5.41) is 13.4. The van der Waals surface area contributed by atoms with Crippen LogP contribution in [0.25, 0.3) is 10.9 Å². The van der Waals surface area contributed by atoms with Crippen LogP contribution in [0.1, 0.15) is 33.3 Å². The van der Waals surface area contributed by atoms with Gasteiger partial charge in [0.15, 0.2) is 0 Å². The van der Waals surface area contributed by atoms with Gasteiger partial charge in [-0.25, -0.2) is 8.78 Å². The average molecular weight is 344 g/mol. The van der Waals surface area contributed by atoms with Crippen molar-refractivity contribution in [1.82, 2.24) is 10.3 Å². The molecule has 0 radical (unpaired) electrons. The Bertz CT molecular complexity index is 930. The Morgan fingerprint density at radius 3 is 2.56 bits per heavy atom. The summed E-state index contributed by atoms with van der Waals surface area (Å²) in [4.78, 5) is 15.5. The first-order valence-electron chi connectivity index (χ1n) is 7.87. The molecule has 1 heterocycles. The largest absolute Gasteiger partial charge is 0.386 e. The Labute approximate surface area is 143 Å². The van der Waals surface area contributed by atoms with Crippen LogP contribution in [0.4, 0.5) is 8.78 Å². The van der Waals surface area contributed by atoms with Crippen molar-refractivity contribution < 1.29 is 18.7 Å². The molecular formula is C19H18F2N2O2. The van der Waals surface area contributed by atoms with Crippen LogP contribution in [0.3, 0.4) is 0 Å². The normalized spacial score (nSPS) is 12.4. The van der Waals surface area contributed by atoms with Crippen LogP contribution < -0.4 is 5.32 Å². The van der Waals surface area contributed by atoms with E-state index in [1.165, 1.54) is 6.07 Å². The molecule has 0 aliphatic rings. The van der Waals surface area contributed by atoms with Crippen molar-refractivity contribution in [3.8, 4) is 0 Å². The summed E-state index contributed by atoms with van der Waals surface area (Å²) in [6.07, 6.45) is -1.47. The number of aromatic nitrogens is 1. The first kappa shape index (κ1) is 17.1. The highest BCUT2D eigenvalue weighted by Gasteiger charge is 2.19. The second-order valence-corrected chi connectivity index (χ2v) is 6.00. The second kappa shape index (κ2) is 6.64. The molecule has 6 heteroatoms. The van der Waals surface area contributed by atoms with Crippen molar-refractivity contribution in [1.29, 1.82) is 0 Å². The molecule has 0 bridgehead atoms. The van der Waals surface area contributed by atoms with Crippen LogP contribution >= 0.6 is 0 Å². The number of halogens is 2. The summed E-state index contributed by atoms with van der Waals surface area (Å²) >= 11 is 0. The first-order valence-corrected chi connectivity index (χ1v) is 7.87. The van der Waals surface area contributed by atoms with Crippen molar-refractivity contribution in [2.45, 2.75) is 20.0 Å². The van der Waals surface area contributed by atoms with Gasteiger partial charge in [0.2, 0.25) is 0 Å². The van der Waals surface area contributed by atoms with E-state index in [1.54, 1.807) is 18.2 Å². The van der Waals surface area contributed by atoms with Crippen LogP contribution in [-0.4, -0.2) is 22.5 Å². The lowest BCUT2D eigenvalue weighted by molar-refractivity contribution is 0.0911. The molecule has 1 amide bonds. The van der Waals surface area contributed by atoms with Crippen molar-refractivity contribution >= 4 is 16.8 Å². The highest BCUT2D eigenvalue weighted by Crippen LogP contribution is 2.23. The molecule has 3 N–H and O–H groups in total. The maximum absolute atomic E-state index is 13.7. The lowest BCUT2D eigenvalue weighted by Gasteiger charge is -2.14. The van der Waals surface area contributed by atoms with Gasteiger partial charge in [0, 0.05) is 28.7 Å². The number of carbonyl (C=O) groups excluding carboxylic acids is 1. The van der Waals surface area contributed by atoms with Crippen LogP contribution in [0.5, 0.6) is 0 Å². The molecule has 3 aromatic rings. The molecule has 130 valence electrons. The molecule has 0 saturated heterocycles. The van der Waals surface area contributed by atoms with Crippen molar-refractivity contribution in [3.05, 3.63) is 70.4 Å². The van der Waals surface area contributed by atoms with Gasteiger partial charge in [-0.1, -0.05) is 6.07 Å². The second-order valence-electron chi connectivity index (χ2n) is 6.00. The number of hydrogen-bond acceptors (Lipinski definition) is 2. The van der Waals surface area contributed by atoms with E-state index in [4.69, 9.17) is 0 Å². The molecule has 3 rings (SSSR count). The Morgan fingerprint density at radius 1 is 1.20 bits per heavy atom. The van der Waals surface area contributed by atoms with Crippen LogP contribution in [0.2, 0.25) is 0 Å². The molecule has 0 aliphatic heterocycles. The van der Waals surface area contributed by atoms with Gasteiger partial charge in [-0.15, -0.1) is 0 Å². The van der Waals surface area contributed by atoms with Gasteiger partial charge in [-0.3, -0.25) is 4.79 Å². The van der Waals surface area contributed by atoms with E-state index in [1.807, 2.05) is 13.8 Å². The molecule has 0 fully saturated rings. The van der Waals surface area contributed by atoms with Gasteiger partial charge in [0.05, 0.1) is 5.56 Å². The van der Waals surface area contributed by atoms with Gasteiger partial charge in [0.1, 0.15) is 17.7 Å². The number of aliphatic hydroxyl groups is 1. The Hall–Kier alpha value is -2.73. The maximum atomic E-state index is 13.7. The molecule has 0 saturated carbocycles. The zero-order chi connectivity index (χ0) is 18.1. The van der Waals surface area contributed by atoms with E-state index < -0.39 is 29.2 Å². The number of hydrogen-bond donors (Lipinski definition) is 3. The quantitative estimate of drug-likeness (QED) is 0.678. The summed E-state index contributed by atoms with van der Waals surface area (Å²) < 4.78 is 27.3. The molecule has 4 nitrogen and oxygen atoms in total. The zero-order valence-corrected chi connectivity index (χ0v) is 13.9. The third-order valence-corrected chi connectivity index (χ3v) is 4.36. The van der Waals surface area contributed by atoms with Crippen LogP contribution in [0, 0.1) is 25.5 Å². The molecule has 0 spiro atoms. The number of H-pyrrole nitrogens is 1. The van der Waals surface area contributed by atoms with Crippen molar-refractivity contribution in [2.75, 3.05) is 6.54 Å². The van der Waals surface area contributed by atoms with Gasteiger partial charge in [0.25, 0.3) is 5.91 Å². The lowest BCUT2D eigenvalue weighted by atomic mass is 10.1. The lowest BCUT2D eigenvalue weighted by Crippen LogP contribution is -2.29. The molecule has 1 atom stereocenters. The van der Waals surface area contributed by atoms with Gasteiger partial charge < -0.3 is 15.4 Å². The average Bonchev–Trinajstić information content (AvgIpc) is 2.86. The van der Waals surface area contributed by atoms with E-state index in [0.29, 0.717) is 5.56 Å². The van der Waals surface area contributed by atoms with E-state index in [2.05, 4.69) is 10.3 Å². The Morgan fingerprint density at radius 2 is 1.88 bits per heavy atom. The Kier molecular flexibility index (Phi) is 4.55. The summed E-state index contributed by atoms with van der Waals surface area (Å²) in [7, 11) is 0. The summed E-state index contributed by atoms with van der Waals surface area (Å²) in [5.74, 6) is -2.11. The fraction of sp³-hybridized carbons (Fsp3) is 0.211. The monoisotopic (exact) mass is 344 g/mol.